The van der Waals surface area contributed by atoms with Crippen LogP contribution >= 0.6 is 0 Å². The predicted octanol–water partition coefficient (Wildman–Crippen LogP) is 2.00. The molecule has 0 aliphatic rings. The van der Waals surface area contributed by atoms with Gasteiger partial charge in [0.1, 0.15) is 6.04 Å². The van der Waals surface area contributed by atoms with E-state index in [1.165, 1.54) is 0 Å². The molecule has 2 aromatic rings. The lowest BCUT2D eigenvalue weighted by Gasteiger charge is -2.14. The van der Waals surface area contributed by atoms with Crippen LogP contribution in [0.2, 0.25) is 0 Å². The Kier molecular flexibility index (Phi) is 4.04. The first-order valence-electron chi connectivity index (χ1n) is 5.67. The van der Waals surface area contributed by atoms with Gasteiger partial charge in [0, 0.05) is 18.9 Å². The summed E-state index contributed by atoms with van der Waals surface area (Å²) in [7, 11) is 0. The molecule has 2 rings (SSSR count). The summed E-state index contributed by atoms with van der Waals surface area (Å²) >= 11 is 0. The lowest BCUT2D eigenvalue weighted by molar-refractivity contribution is -0.139. The fourth-order valence-corrected chi connectivity index (χ4v) is 1.72. The van der Waals surface area contributed by atoms with Crippen LogP contribution in [0.1, 0.15) is 17.2 Å². The first-order valence-corrected chi connectivity index (χ1v) is 5.67. The standard InChI is InChI=1S/C14H14N2O2/c17-14(18)13(12-6-2-1-3-7-12)16-10-11-5-4-8-15-9-11/h1-9,13,16H,10H2,(H,17,18). The quantitative estimate of drug-likeness (QED) is 0.841. The van der Waals surface area contributed by atoms with Crippen LogP contribution in [0.15, 0.2) is 54.9 Å². The molecule has 1 unspecified atom stereocenters. The molecule has 1 atom stereocenters. The summed E-state index contributed by atoms with van der Waals surface area (Å²) in [6, 6.07) is 12.2. The van der Waals surface area contributed by atoms with E-state index in [0.29, 0.717) is 6.54 Å². The number of rotatable bonds is 5. The fraction of sp³-hybridized carbons (Fsp3) is 0.143. The number of hydrogen-bond donors (Lipinski definition) is 2. The molecule has 92 valence electrons. The molecular formula is C14H14N2O2. The summed E-state index contributed by atoms with van der Waals surface area (Å²) < 4.78 is 0. The molecule has 0 aliphatic heterocycles. The number of aliphatic carboxylic acids is 1. The lowest BCUT2D eigenvalue weighted by atomic mass is 10.1. The maximum absolute atomic E-state index is 11.2. The van der Waals surface area contributed by atoms with Crippen molar-refractivity contribution in [2.45, 2.75) is 12.6 Å². The minimum atomic E-state index is -0.884. The van der Waals surface area contributed by atoms with Crippen molar-refractivity contribution in [2.24, 2.45) is 0 Å². The van der Waals surface area contributed by atoms with Crippen molar-refractivity contribution in [1.29, 1.82) is 0 Å². The molecule has 0 radical (unpaired) electrons. The Morgan fingerprint density at radius 3 is 2.61 bits per heavy atom. The highest BCUT2D eigenvalue weighted by molar-refractivity contribution is 5.75. The molecule has 0 aliphatic carbocycles. The number of carbonyl (C=O) groups is 1. The topological polar surface area (TPSA) is 62.2 Å². The average Bonchev–Trinajstić information content (AvgIpc) is 2.41. The zero-order valence-electron chi connectivity index (χ0n) is 9.78. The molecule has 0 bridgehead atoms. The molecule has 0 spiro atoms. The van der Waals surface area contributed by atoms with Crippen LogP contribution < -0.4 is 5.32 Å². The van der Waals surface area contributed by atoms with Gasteiger partial charge in [0.05, 0.1) is 0 Å². The van der Waals surface area contributed by atoms with E-state index in [4.69, 9.17) is 0 Å². The molecule has 0 amide bonds. The van der Waals surface area contributed by atoms with Gasteiger partial charge in [0.15, 0.2) is 0 Å². The van der Waals surface area contributed by atoms with Gasteiger partial charge in [0.25, 0.3) is 0 Å². The number of carboxylic acids is 1. The van der Waals surface area contributed by atoms with E-state index in [1.54, 1.807) is 24.5 Å². The van der Waals surface area contributed by atoms with Crippen molar-refractivity contribution in [2.75, 3.05) is 0 Å². The summed E-state index contributed by atoms with van der Waals surface area (Å²) in [5.41, 5.74) is 1.70. The van der Waals surface area contributed by atoms with Crippen molar-refractivity contribution in [3.63, 3.8) is 0 Å². The van der Waals surface area contributed by atoms with Crippen LogP contribution in [0, 0.1) is 0 Å². The summed E-state index contributed by atoms with van der Waals surface area (Å²) in [6.45, 7) is 0.472. The molecule has 0 saturated carbocycles. The van der Waals surface area contributed by atoms with E-state index in [1.807, 2.05) is 30.3 Å². The SMILES string of the molecule is O=C(O)C(NCc1cccnc1)c1ccccc1. The Labute approximate surface area is 105 Å². The number of pyridine rings is 1. The number of carboxylic acid groups (broad SMARTS) is 1. The number of aromatic nitrogens is 1. The van der Waals surface area contributed by atoms with E-state index in [-0.39, 0.29) is 0 Å². The molecular weight excluding hydrogens is 228 g/mol. The van der Waals surface area contributed by atoms with E-state index in [2.05, 4.69) is 10.3 Å². The smallest absolute Gasteiger partial charge is 0.325 e. The van der Waals surface area contributed by atoms with E-state index in [0.717, 1.165) is 11.1 Å². The Balaban J connectivity index is 2.06. The molecule has 1 heterocycles. The minimum Gasteiger partial charge on any atom is -0.480 e. The number of nitrogens with zero attached hydrogens (tertiary/aromatic N) is 1. The van der Waals surface area contributed by atoms with Gasteiger partial charge >= 0.3 is 5.97 Å². The van der Waals surface area contributed by atoms with Gasteiger partial charge in [-0.3, -0.25) is 15.1 Å². The van der Waals surface area contributed by atoms with Crippen LogP contribution in [0.25, 0.3) is 0 Å². The number of benzene rings is 1. The summed E-state index contributed by atoms with van der Waals surface area (Å²) in [5.74, 6) is -0.884. The normalized spacial score (nSPS) is 12.0. The van der Waals surface area contributed by atoms with E-state index >= 15 is 0 Å². The monoisotopic (exact) mass is 242 g/mol. The predicted molar refractivity (Wildman–Crippen MR) is 67.9 cm³/mol. The van der Waals surface area contributed by atoms with Gasteiger partial charge in [-0.25, -0.2) is 0 Å². The van der Waals surface area contributed by atoms with Gasteiger partial charge < -0.3 is 5.11 Å². The Morgan fingerprint density at radius 1 is 1.22 bits per heavy atom. The average molecular weight is 242 g/mol. The maximum atomic E-state index is 11.2. The second kappa shape index (κ2) is 5.93. The highest BCUT2D eigenvalue weighted by Crippen LogP contribution is 2.13. The molecule has 1 aromatic heterocycles. The third kappa shape index (κ3) is 3.15. The zero-order valence-corrected chi connectivity index (χ0v) is 9.78. The van der Waals surface area contributed by atoms with Crippen LogP contribution in [0.3, 0.4) is 0 Å². The van der Waals surface area contributed by atoms with E-state index < -0.39 is 12.0 Å². The van der Waals surface area contributed by atoms with Crippen molar-refractivity contribution < 1.29 is 9.90 Å². The Morgan fingerprint density at radius 2 is 2.00 bits per heavy atom. The van der Waals surface area contributed by atoms with Gasteiger partial charge in [-0.2, -0.15) is 0 Å². The largest absolute Gasteiger partial charge is 0.480 e. The van der Waals surface area contributed by atoms with E-state index in [9.17, 15) is 9.90 Å². The van der Waals surface area contributed by atoms with Crippen molar-refractivity contribution in [3.05, 3.63) is 66.0 Å². The third-order valence-electron chi connectivity index (χ3n) is 2.61. The highest BCUT2D eigenvalue weighted by atomic mass is 16.4. The molecule has 0 saturated heterocycles. The number of nitrogens with one attached hydrogen (secondary N) is 1. The van der Waals surface area contributed by atoms with Gasteiger partial charge in [-0.1, -0.05) is 36.4 Å². The summed E-state index contributed by atoms with van der Waals surface area (Å²) in [5, 5.41) is 12.2. The van der Waals surface area contributed by atoms with Crippen LogP contribution in [-0.2, 0) is 11.3 Å². The van der Waals surface area contributed by atoms with Crippen LogP contribution in [0.4, 0.5) is 0 Å². The van der Waals surface area contributed by atoms with Gasteiger partial charge in [-0.05, 0) is 17.2 Å². The maximum Gasteiger partial charge on any atom is 0.325 e. The van der Waals surface area contributed by atoms with Crippen LogP contribution in [-0.4, -0.2) is 16.1 Å². The first kappa shape index (κ1) is 12.3. The second-order valence-corrected chi connectivity index (χ2v) is 3.92. The van der Waals surface area contributed by atoms with Gasteiger partial charge in [-0.15, -0.1) is 0 Å². The summed E-state index contributed by atoms with van der Waals surface area (Å²) in [4.78, 5) is 15.2. The first-order chi connectivity index (χ1) is 8.77. The molecule has 1 aromatic carbocycles. The molecule has 4 heteroatoms. The van der Waals surface area contributed by atoms with Crippen LogP contribution in [0.5, 0.6) is 0 Å². The Hall–Kier alpha value is -2.20. The Bertz CT molecular complexity index is 500. The third-order valence-corrected chi connectivity index (χ3v) is 2.61. The molecule has 0 fully saturated rings. The van der Waals surface area contributed by atoms with Crippen molar-refractivity contribution in [1.82, 2.24) is 10.3 Å². The second-order valence-electron chi connectivity index (χ2n) is 3.92. The van der Waals surface area contributed by atoms with Crippen molar-refractivity contribution in [3.8, 4) is 0 Å². The molecule has 4 nitrogen and oxygen atoms in total. The fourth-order valence-electron chi connectivity index (χ4n) is 1.72. The minimum absolute atomic E-state index is 0.472. The molecule has 2 N–H and O–H groups in total. The lowest BCUT2D eigenvalue weighted by Crippen LogP contribution is -2.28. The van der Waals surface area contributed by atoms with Gasteiger partial charge in [0.2, 0.25) is 0 Å². The highest BCUT2D eigenvalue weighted by Gasteiger charge is 2.18. The zero-order chi connectivity index (χ0) is 12.8. The van der Waals surface area contributed by atoms with Crippen molar-refractivity contribution >= 4 is 5.97 Å². The number of hydrogen-bond acceptors (Lipinski definition) is 3. The summed E-state index contributed by atoms with van der Waals surface area (Å²) in [6.07, 6.45) is 3.41. The molecule has 18 heavy (non-hydrogen) atoms.